The van der Waals surface area contributed by atoms with Gasteiger partial charge in [0, 0.05) is 39.5 Å². The summed E-state index contributed by atoms with van der Waals surface area (Å²) in [6.07, 6.45) is 0. The molecular formula is C64H46N2. The average Bonchev–Trinajstić information content (AvgIpc) is 3.93. The first-order valence-corrected chi connectivity index (χ1v) is 23.1. The first-order chi connectivity index (χ1) is 32.5. The SMILES string of the molecule is CC1(C)c2ccccc2-c2ccc(N(c3ccccc3)c3ccc4c(c3)C3(c5ccccc5-c5ccc(N(c6ccccc6)c6ccccc6)cc53)c3ccc(-c5ccccc5)cc3-4)cc21. The molecule has 0 heterocycles. The Balaban J connectivity index is 1.08. The van der Waals surface area contributed by atoms with Crippen LogP contribution in [0.2, 0.25) is 0 Å². The highest BCUT2D eigenvalue weighted by atomic mass is 15.1. The number of anilines is 6. The smallest absolute Gasteiger partial charge is 0.0727 e. The summed E-state index contributed by atoms with van der Waals surface area (Å²) in [6, 6.07) is 90.1. The Morgan fingerprint density at radius 2 is 0.621 bits per heavy atom. The molecule has 0 radical (unpaired) electrons. The van der Waals surface area contributed by atoms with E-state index in [0.717, 1.165) is 34.1 Å². The summed E-state index contributed by atoms with van der Waals surface area (Å²) in [5.74, 6) is 0. The van der Waals surface area contributed by atoms with E-state index in [1.54, 1.807) is 0 Å². The minimum absolute atomic E-state index is 0.132. The van der Waals surface area contributed by atoms with Gasteiger partial charge in [-0.2, -0.15) is 0 Å². The number of nitrogens with zero attached hydrogens (tertiary/aromatic N) is 2. The van der Waals surface area contributed by atoms with Gasteiger partial charge in [-0.3, -0.25) is 0 Å². The normalized spacial score (nSPS) is 15.3. The van der Waals surface area contributed by atoms with Crippen molar-refractivity contribution in [2.75, 3.05) is 9.80 Å². The Morgan fingerprint density at radius 3 is 1.17 bits per heavy atom. The van der Waals surface area contributed by atoms with Crippen LogP contribution in [0.4, 0.5) is 34.1 Å². The number of hydrogen-bond acceptors (Lipinski definition) is 2. The molecule has 0 amide bonds. The number of benzene rings is 10. The molecule has 10 aromatic carbocycles. The summed E-state index contributed by atoms with van der Waals surface area (Å²) in [6.45, 7) is 4.74. The van der Waals surface area contributed by atoms with Crippen LogP contribution in [0.25, 0.3) is 44.5 Å². The van der Waals surface area contributed by atoms with Crippen molar-refractivity contribution in [1.82, 2.24) is 0 Å². The third-order valence-electron chi connectivity index (χ3n) is 14.6. The largest absolute Gasteiger partial charge is 0.310 e. The van der Waals surface area contributed by atoms with Gasteiger partial charge in [0.15, 0.2) is 0 Å². The van der Waals surface area contributed by atoms with Gasteiger partial charge < -0.3 is 9.80 Å². The van der Waals surface area contributed by atoms with E-state index in [2.05, 4.69) is 266 Å². The monoisotopic (exact) mass is 842 g/mol. The molecule has 0 bridgehead atoms. The zero-order valence-corrected chi connectivity index (χ0v) is 37.0. The van der Waals surface area contributed by atoms with Crippen molar-refractivity contribution in [2.24, 2.45) is 0 Å². The fourth-order valence-electron chi connectivity index (χ4n) is 11.7. The second kappa shape index (κ2) is 14.7. The van der Waals surface area contributed by atoms with E-state index in [0.29, 0.717) is 0 Å². The first kappa shape index (κ1) is 38.3. The molecule has 0 aromatic heterocycles. The van der Waals surface area contributed by atoms with Crippen LogP contribution < -0.4 is 9.80 Å². The molecule has 2 heteroatoms. The van der Waals surface area contributed by atoms with E-state index in [4.69, 9.17) is 0 Å². The lowest BCUT2D eigenvalue weighted by atomic mass is 9.70. The van der Waals surface area contributed by atoms with Gasteiger partial charge >= 0.3 is 0 Å². The van der Waals surface area contributed by atoms with Gasteiger partial charge in [-0.05, 0) is 157 Å². The molecule has 3 aliphatic carbocycles. The lowest BCUT2D eigenvalue weighted by Crippen LogP contribution is -2.26. The van der Waals surface area contributed by atoms with Gasteiger partial charge in [0.1, 0.15) is 0 Å². The van der Waals surface area contributed by atoms with Crippen molar-refractivity contribution < 1.29 is 0 Å². The highest BCUT2D eigenvalue weighted by Gasteiger charge is 2.52. The standard InChI is InChI=1S/C64H46N2/c1-63(2)57-29-17-15-27-51(57)53-35-32-48(40-60(53)63)66(47-25-13-6-14-26-47)50-34-37-55-56-39-44(43-19-7-3-8-20-43)31-38-59(56)64(62(55)42-50)58-30-18-16-28-52(58)54-36-33-49(41-61(54)64)65(45-21-9-4-10-22-45)46-23-11-5-12-24-46/h3-42H,1-2H3. The summed E-state index contributed by atoms with van der Waals surface area (Å²) in [5.41, 5.74) is 24.2. The van der Waals surface area contributed by atoms with Crippen LogP contribution in [0.1, 0.15) is 47.2 Å². The molecule has 0 saturated heterocycles. The second-order valence-corrected chi connectivity index (χ2v) is 18.5. The molecule has 0 fully saturated rings. The highest BCUT2D eigenvalue weighted by molar-refractivity contribution is 5.99. The summed E-state index contributed by atoms with van der Waals surface area (Å²) in [7, 11) is 0. The molecule has 1 unspecified atom stereocenters. The van der Waals surface area contributed by atoms with Gasteiger partial charge in [-0.1, -0.05) is 178 Å². The summed E-state index contributed by atoms with van der Waals surface area (Å²) in [5, 5.41) is 0. The van der Waals surface area contributed by atoms with Crippen molar-refractivity contribution >= 4 is 34.1 Å². The van der Waals surface area contributed by atoms with E-state index in [1.165, 1.54) is 77.9 Å². The van der Waals surface area contributed by atoms with Gasteiger partial charge in [0.05, 0.1) is 5.41 Å². The Morgan fingerprint density at radius 1 is 0.242 bits per heavy atom. The Kier molecular flexibility index (Phi) is 8.51. The van der Waals surface area contributed by atoms with Crippen molar-refractivity contribution in [2.45, 2.75) is 24.7 Å². The zero-order valence-electron chi connectivity index (χ0n) is 37.0. The van der Waals surface area contributed by atoms with Crippen LogP contribution in [-0.2, 0) is 10.8 Å². The quantitative estimate of drug-likeness (QED) is 0.158. The lowest BCUT2D eigenvalue weighted by molar-refractivity contribution is 0.660. The van der Waals surface area contributed by atoms with Crippen LogP contribution in [0.5, 0.6) is 0 Å². The predicted molar refractivity (Wildman–Crippen MR) is 275 cm³/mol. The first-order valence-electron chi connectivity index (χ1n) is 23.1. The minimum atomic E-state index is -0.596. The number of para-hydroxylation sites is 3. The molecule has 312 valence electrons. The van der Waals surface area contributed by atoms with E-state index in [1.807, 2.05) is 0 Å². The Bertz CT molecular complexity index is 3460. The third kappa shape index (κ3) is 5.55. The average molecular weight is 843 g/mol. The third-order valence-corrected chi connectivity index (χ3v) is 14.6. The highest BCUT2D eigenvalue weighted by Crippen LogP contribution is 2.64. The van der Waals surface area contributed by atoms with Gasteiger partial charge in [0.25, 0.3) is 0 Å². The molecule has 0 saturated carbocycles. The van der Waals surface area contributed by atoms with Crippen LogP contribution in [0.15, 0.2) is 243 Å². The molecule has 0 N–H and O–H groups in total. The van der Waals surface area contributed by atoms with Crippen molar-refractivity contribution in [1.29, 1.82) is 0 Å². The van der Waals surface area contributed by atoms with E-state index < -0.39 is 5.41 Å². The van der Waals surface area contributed by atoms with Crippen LogP contribution in [-0.4, -0.2) is 0 Å². The maximum Gasteiger partial charge on any atom is 0.0727 e. The fraction of sp³-hybridized carbons (Fsp3) is 0.0625. The predicted octanol–water partition coefficient (Wildman–Crippen LogP) is 16.9. The van der Waals surface area contributed by atoms with Crippen LogP contribution in [0, 0.1) is 0 Å². The maximum atomic E-state index is 2.52. The summed E-state index contributed by atoms with van der Waals surface area (Å²) >= 11 is 0. The van der Waals surface area contributed by atoms with E-state index in [-0.39, 0.29) is 5.41 Å². The van der Waals surface area contributed by atoms with Crippen molar-refractivity contribution in [3.05, 3.63) is 276 Å². The summed E-state index contributed by atoms with van der Waals surface area (Å²) < 4.78 is 0. The van der Waals surface area contributed by atoms with Gasteiger partial charge in [-0.15, -0.1) is 0 Å². The molecule has 13 rings (SSSR count). The molecule has 3 aliphatic rings. The number of hydrogen-bond donors (Lipinski definition) is 0. The Hall–Kier alpha value is -8.20. The van der Waals surface area contributed by atoms with E-state index in [9.17, 15) is 0 Å². The number of fused-ring (bicyclic) bond motifs is 13. The van der Waals surface area contributed by atoms with Crippen molar-refractivity contribution in [3.8, 4) is 44.5 Å². The molecule has 1 spiro atoms. The molecule has 10 aromatic rings. The zero-order chi connectivity index (χ0) is 44.0. The Labute approximate surface area is 387 Å². The number of rotatable bonds is 7. The summed E-state index contributed by atoms with van der Waals surface area (Å²) in [4.78, 5) is 4.86. The molecule has 2 nitrogen and oxygen atoms in total. The van der Waals surface area contributed by atoms with Crippen LogP contribution >= 0.6 is 0 Å². The minimum Gasteiger partial charge on any atom is -0.310 e. The molecule has 0 aliphatic heterocycles. The molecular weight excluding hydrogens is 797 g/mol. The molecule has 1 atom stereocenters. The van der Waals surface area contributed by atoms with Gasteiger partial charge in [-0.25, -0.2) is 0 Å². The fourth-order valence-corrected chi connectivity index (χ4v) is 11.7. The van der Waals surface area contributed by atoms with Crippen LogP contribution in [0.3, 0.4) is 0 Å². The van der Waals surface area contributed by atoms with Crippen molar-refractivity contribution in [3.63, 3.8) is 0 Å². The van der Waals surface area contributed by atoms with E-state index >= 15 is 0 Å². The topological polar surface area (TPSA) is 6.48 Å². The second-order valence-electron chi connectivity index (χ2n) is 18.5. The van der Waals surface area contributed by atoms with Gasteiger partial charge in [0.2, 0.25) is 0 Å². The lowest BCUT2D eigenvalue weighted by Gasteiger charge is -2.33. The molecule has 66 heavy (non-hydrogen) atoms. The maximum absolute atomic E-state index is 2.52.